The minimum atomic E-state index is -4.10. The molecule has 192 valence electrons. The summed E-state index contributed by atoms with van der Waals surface area (Å²) in [6.07, 6.45) is -2.04. The molecule has 7 nitrogen and oxygen atoms in total. The van der Waals surface area contributed by atoms with Crippen LogP contribution in [0.15, 0.2) is 36.4 Å². The summed E-state index contributed by atoms with van der Waals surface area (Å²) < 4.78 is 55.7. The third-order valence-electron chi connectivity index (χ3n) is 5.73. The van der Waals surface area contributed by atoms with Crippen molar-refractivity contribution in [3.05, 3.63) is 47.5 Å². The van der Waals surface area contributed by atoms with E-state index in [2.05, 4.69) is 30.4 Å². The molecule has 0 unspecified atom stereocenters. The standard InChI is InChI=1S/C23H26F3NO3.CH2O2.CH2O/c1-15-3-2-4-16(11-15)9-10-28-20-12-19(13-21-22(20)30-14-29-21)27-18-7-5-17(6-8-18)23(24,25)26;2-1-3;1-2/h2-4,11-13,17-18,27H,5-10,14H2,1H3;1H,(H,2,3);1H2. The Kier molecular flexibility index (Phi) is 10.7. The molecule has 0 aromatic heterocycles. The van der Waals surface area contributed by atoms with E-state index in [1.54, 1.807) is 0 Å². The molecule has 0 atom stereocenters. The molecule has 1 fully saturated rings. The Balaban J connectivity index is 0.000000803. The van der Waals surface area contributed by atoms with Crippen molar-refractivity contribution in [2.45, 2.75) is 51.2 Å². The maximum Gasteiger partial charge on any atom is 0.391 e. The van der Waals surface area contributed by atoms with E-state index in [1.807, 2.05) is 25.0 Å². The molecule has 10 heteroatoms. The van der Waals surface area contributed by atoms with Crippen LogP contribution in [0.5, 0.6) is 17.2 Å². The SMILES string of the molecule is C=O.Cc1cccc(CCOc2cc(NC3CCC(C(F)(F)F)CC3)cc3c2OCO3)c1.O=CO. The molecule has 4 rings (SSSR count). The fraction of sp³-hybridized carbons (Fsp3) is 0.440. The molecule has 2 N–H and O–H groups in total. The summed E-state index contributed by atoms with van der Waals surface area (Å²) in [4.78, 5) is 16.4. The Morgan fingerprint density at radius 3 is 2.46 bits per heavy atom. The molecule has 0 radical (unpaired) electrons. The van der Waals surface area contributed by atoms with E-state index in [0.717, 1.165) is 12.1 Å². The van der Waals surface area contributed by atoms with Gasteiger partial charge in [-0.2, -0.15) is 13.2 Å². The quantitative estimate of drug-likeness (QED) is 0.517. The van der Waals surface area contributed by atoms with Gasteiger partial charge in [0.05, 0.1) is 12.5 Å². The van der Waals surface area contributed by atoms with Crippen molar-refractivity contribution in [2.75, 3.05) is 18.7 Å². The van der Waals surface area contributed by atoms with Gasteiger partial charge in [-0.1, -0.05) is 29.8 Å². The minimum Gasteiger partial charge on any atom is -0.489 e. The monoisotopic (exact) mass is 497 g/mol. The molecule has 1 aliphatic carbocycles. The Bertz CT molecular complexity index is 945. The molecule has 0 saturated heterocycles. The zero-order chi connectivity index (χ0) is 25.8. The molecular formula is C25H30F3NO6. The van der Waals surface area contributed by atoms with Gasteiger partial charge in [0.15, 0.2) is 11.5 Å². The van der Waals surface area contributed by atoms with Crippen LogP contribution in [0.25, 0.3) is 0 Å². The van der Waals surface area contributed by atoms with Crippen LogP contribution < -0.4 is 19.5 Å². The Labute approximate surface area is 202 Å². The molecule has 1 heterocycles. The number of hydrogen-bond donors (Lipinski definition) is 2. The van der Waals surface area contributed by atoms with Crippen molar-refractivity contribution < 1.29 is 42.1 Å². The lowest BCUT2D eigenvalue weighted by atomic mass is 9.85. The second-order valence-electron chi connectivity index (χ2n) is 8.14. The number of carboxylic acid groups (broad SMARTS) is 1. The predicted octanol–water partition coefficient (Wildman–Crippen LogP) is 5.39. The summed E-state index contributed by atoms with van der Waals surface area (Å²) in [6.45, 7) is 4.42. The van der Waals surface area contributed by atoms with Crippen molar-refractivity contribution in [2.24, 2.45) is 5.92 Å². The van der Waals surface area contributed by atoms with Gasteiger partial charge in [0, 0.05) is 30.3 Å². The van der Waals surface area contributed by atoms with Gasteiger partial charge in [-0.3, -0.25) is 4.79 Å². The van der Waals surface area contributed by atoms with Gasteiger partial charge in [0.1, 0.15) is 6.79 Å². The Morgan fingerprint density at radius 1 is 1.14 bits per heavy atom. The summed E-state index contributed by atoms with van der Waals surface area (Å²) >= 11 is 0. The van der Waals surface area contributed by atoms with Crippen LogP contribution in [0.3, 0.4) is 0 Å². The van der Waals surface area contributed by atoms with Gasteiger partial charge in [-0.05, 0) is 38.2 Å². The van der Waals surface area contributed by atoms with Gasteiger partial charge in [0.2, 0.25) is 12.5 Å². The zero-order valence-electron chi connectivity index (χ0n) is 19.5. The summed E-state index contributed by atoms with van der Waals surface area (Å²) in [5, 5.41) is 10.2. The Hall–Kier alpha value is -3.43. The molecule has 1 aliphatic heterocycles. The second-order valence-corrected chi connectivity index (χ2v) is 8.14. The first-order valence-corrected chi connectivity index (χ1v) is 11.1. The van der Waals surface area contributed by atoms with Crippen LogP contribution in [-0.2, 0) is 16.0 Å². The predicted molar refractivity (Wildman–Crippen MR) is 124 cm³/mol. The molecule has 1 saturated carbocycles. The number of aryl methyl sites for hydroxylation is 1. The van der Waals surface area contributed by atoms with E-state index in [4.69, 9.17) is 28.9 Å². The van der Waals surface area contributed by atoms with E-state index >= 15 is 0 Å². The maximum absolute atomic E-state index is 12.9. The average Bonchev–Trinajstić information content (AvgIpc) is 3.30. The Morgan fingerprint density at radius 2 is 1.83 bits per heavy atom. The van der Waals surface area contributed by atoms with Gasteiger partial charge in [-0.25, -0.2) is 0 Å². The number of benzene rings is 2. The number of alkyl halides is 3. The third-order valence-corrected chi connectivity index (χ3v) is 5.73. The normalized spacial score (nSPS) is 18.3. The van der Waals surface area contributed by atoms with Crippen LogP contribution >= 0.6 is 0 Å². The summed E-state index contributed by atoms with van der Waals surface area (Å²) in [6, 6.07) is 11.9. The lowest BCUT2D eigenvalue weighted by Gasteiger charge is -2.31. The molecule has 35 heavy (non-hydrogen) atoms. The van der Waals surface area contributed by atoms with Crippen LogP contribution in [0.4, 0.5) is 18.9 Å². The van der Waals surface area contributed by atoms with Crippen LogP contribution in [0.2, 0.25) is 0 Å². The fourth-order valence-electron chi connectivity index (χ4n) is 4.12. The highest BCUT2D eigenvalue weighted by Gasteiger charge is 2.41. The number of halogens is 3. The first-order chi connectivity index (χ1) is 16.8. The number of carbonyl (C=O) groups excluding carboxylic acids is 1. The van der Waals surface area contributed by atoms with E-state index < -0.39 is 12.1 Å². The second kappa shape index (κ2) is 13.5. The highest BCUT2D eigenvalue weighted by molar-refractivity contribution is 5.63. The highest BCUT2D eigenvalue weighted by Crippen LogP contribution is 2.44. The van der Waals surface area contributed by atoms with Gasteiger partial charge in [-0.15, -0.1) is 0 Å². The lowest BCUT2D eigenvalue weighted by Crippen LogP contribution is -2.32. The molecule has 2 aliphatic rings. The molecule has 2 aromatic carbocycles. The first kappa shape index (κ1) is 27.8. The maximum atomic E-state index is 12.9. The smallest absolute Gasteiger partial charge is 0.391 e. The van der Waals surface area contributed by atoms with Gasteiger partial charge < -0.3 is 29.4 Å². The largest absolute Gasteiger partial charge is 0.489 e. The molecule has 0 spiro atoms. The topological polar surface area (TPSA) is 94.1 Å². The first-order valence-electron chi connectivity index (χ1n) is 11.1. The minimum absolute atomic E-state index is 0.00381. The number of carbonyl (C=O) groups is 2. The summed E-state index contributed by atoms with van der Waals surface area (Å²) in [7, 11) is 0. The third kappa shape index (κ3) is 8.38. The van der Waals surface area contributed by atoms with Crippen molar-refractivity contribution in [3.8, 4) is 17.2 Å². The van der Waals surface area contributed by atoms with Crippen molar-refractivity contribution in [3.63, 3.8) is 0 Å². The number of fused-ring (bicyclic) bond motifs is 1. The van der Waals surface area contributed by atoms with Gasteiger partial charge in [0.25, 0.3) is 6.47 Å². The van der Waals surface area contributed by atoms with Crippen LogP contribution in [-0.4, -0.2) is 44.0 Å². The number of rotatable bonds is 6. The summed E-state index contributed by atoms with van der Waals surface area (Å²) in [5.74, 6) is 0.567. The molecule has 2 aromatic rings. The van der Waals surface area contributed by atoms with E-state index in [9.17, 15) is 13.2 Å². The van der Waals surface area contributed by atoms with Crippen molar-refractivity contribution in [1.29, 1.82) is 0 Å². The number of ether oxygens (including phenoxy) is 3. The average molecular weight is 498 g/mol. The van der Waals surface area contributed by atoms with Crippen LogP contribution in [0.1, 0.15) is 36.8 Å². The van der Waals surface area contributed by atoms with Crippen molar-refractivity contribution in [1.82, 2.24) is 0 Å². The molecule has 0 bridgehead atoms. The van der Waals surface area contributed by atoms with Gasteiger partial charge >= 0.3 is 6.18 Å². The number of nitrogens with one attached hydrogen (secondary N) is 1. The van der Waals surface area contributed by atoms with Crippen molar-refractivity contribution >= 4 is 18.9 Å². The summed E-state index contributed by atoms with van der Waals surface area (Å²) in [5.41, 5.74) is 3.18. The fourth-order valence-corrected chi connectivity index (χ4v) is 4.12. The number of anilines is 1. The molecular weight excluding hydrogens is 467 g/mol. The van der Waals surface area contributed by atoms with E-state index in [0.29, 0.717) is 36.7 Å². The zero-order valence-corrected chi connectivity index (χ0v) is 19.5. The number of hydrogen-bond acceptors (Lipinski definition) is 6. The lowest BCUT2D eigenvalue weighted by molar-refractivity contribution is -0.182. The molecule has 0 amide bonds. The van der Waals surface area contributed by atoms with E-state index in [1.165, 1.54) is 11.1 Å². The van der Waals surface area contributed by atoms with Crippen LogP contribution in [0, 0.1) is 12.8 Å². The van der Waals surface area contributed by atoms with E-state index in [-0.39, 0.29) is 32.1 Å². The highest BCUT2D eigenvalue weighted by atomic mass is 19.4.